The largest absolute Gasteiger partial charge is 0.345 e. The molecule has 3 heteroatoms. The second-order valence-corrected chi connectivity index (χ2v) is 8.04. The quantitative estimate of drug-likeness (QED) is 0.786. The number of nitrogens with zero attached hydrogens (tertiary/aromatic N) is 1. The van der Waals surface area contributed by atoms with Crippen molar-refractivity contribution in [1.82, 2.24) is 9.97 Å². The van der Waals surface area contributed by atoms with E-state index in [1.165, 1.54) is 62.9 Å². The Morgan fingerprint density at radius 3 is 2.33 bits per heavy atom. The fraction of sp³-hybridized carbons (Fsp3) is 0.833. The normalized spacial score (nSPS) is 37.3. The van der Waals surface area contributed by atoms with Crippen LogP contribution in [0.1, 0.15) is 69.3 Å². The molecule has 21 heavy (non-hydrogen) atoms. The average Bonchev–Trinajstić information content (AvgIpc) is 2.92. The summed E-state index contributed by atoms with van der Waals surface area (Å²) in [5, 5.41) is 0. The molecule has 0 radical (unpaired) electrons. The molecule has 0 spiro atoms. The van der Waals surface area contributed by atoms with Crippen molar-refractivity contribution in [3.05, 3.63) is 17.7 Å². The maximum Gasteiger partial charge on any atom is 0.106 e. The van der Waals surface area contributed by atoms with Crippen molar-refractivity contribution in [1.29, 1.82) is 0 Å². The van der Waals surface area contributed by atoms with E-state index in [9.17, 15) is 0 Å². The second-order valence-electron chi connectivity index (χ2n) is 8.04. The van der Waals surface area contributed by atoms with Crippen molar-refractivity contribution in [3.63, 3.8) is 0 Å². The summed E-state index contributed by atoms with van der Waals surface area (Å²) in [5.41, 5.74) is 7.50. The van der Waals surface area contributed by atoms with Crippen LogP contribution in [0.25, 0.3) is 0 Å². The van der Waals surface area contributed by atoms with E-state index >= 15 is 0 Å². The van der Waals surface area contributed by atoms with Gasteiger partial charge in [-0.15, -0.1) is 0 Å². The fourth-order valence-electron chi connectivity index (χ4n) is 5.81. The van der Waals surface area contributed by atoms with Crippen LogP contribution in [0.4, 0.5) is 0 Å². The van der Waals surface area contributed by atoms with Gasteiger partial charge < -0.3 is 10.7 Å². The predicted octanol–water partition coefficient (Wildman–Crippen LogP) is 3.55. The van der Waals surface area contributed by atoms with E-state index in [0.29, 0.717) is 5.41 Å². The summed E-state index contributed by atoms with van der Waals surface area (Å²) >= 11 is 0. The van der Waals surface area contributed by atoms with Crippen molar-refractivity contribution in [3.8, 4) is 0 Å². The highest BCUT2D eigenvalue weighted by Gasteiger charge is 2.52. The standard InChI is InChI=1S/C18H29N3/c19-5-3-1-2-4-17-20-12-16(21-17)18-9-13-6-14(10-18)8-15(7-13)11-18/h12-15H,1-11,19H2,(H,20,21). The highest BCUT2D eigenvalue weighted by Crippen LogP contribution is 2.60. The van der Waals surface area contributed by atoms with Gasteiger partial charge in [-0.2, -0.15) is 0 Å². The number of H-pyrrole nitrogens is 1. The number of nitrogens with two attached hydrogens (primary N) is 1. The van der Waals surface area contributed by atoms with E-state index in [-0.39, 0.29) is 0 Å². The van der Waals surface area contributed by atoms with Gasteiger partial charge >= 0.3 is 0 Å². The fourth-order valence-corrected chi connectivity index (χ4v) is 5.81. The first-order valence-electron chi connectivity index (χ1n) is 9.02. The lowest BCUT2D eigenvalue weighted by Crippen LogP contribution is -2.48. The Morgan fingerprint density at radius 1 is 1.05 bits per heavy atom. The van der Waals surface area contributed by atoms with E-state index in [4.69, 9.17) is 5.73 Å². The van der Waals surface area contributed by atoms with Gasteiger partial charge in [-0.25, -0.2) is 4.98 Å². The summed E-state index contributed by atoms with van der Waals surface area (Å²) in [7, 11) is 0. The van der Waals surface area contributed by atoms with Gasteiger partial charge in [-0.1, -0.05) is 6.42 Å². The van der Waals surface area contributed by atoms with Gasteiger partial charge in [-0.05, 0) is 75.7 Å². The minimum atomic E-state index is 0.470. The number of rotatable bonds is 6. The smallest absolute Gasteiger partial charge is 0.106 e. The molecule has 3 N–H and O–H groups in total. The van der Waals surface area contributed by atoms with Crippen molar-refractivity contribution in [2.75, 3.05) is 6.54 Å². The van der Waals surface area contributed by atoms with Gasteiger partial charge in [0, 0.05) is 23.7 Å². The number of aromatic amines is 1. The molecule has 1 heterocycles. The van der Waals surface area contributed by atoms with Gasteiger partial charge in [0.1, 0.15) is 5.82 Å². The Morgan fingerprint density at radius 2 is 1.71 bits per heavy atom. The van der Waals surface area contributed by atoms with Gasteiger partial charge in [0.05, 0.1) is 0 Å². The Balaban J connectivity index is 1.45. The highest BCUT2D eigenvalue weighted by atomic mass is 14.9. The predicted molar refractivity (Wildman–Crippen MR) is 85.0 cm³/mol. The lowest BCUT2D eigenvalue weighted by molar-refractivity contribution is -0.00706. The van der Waals surface area contributed by atoms with Gasteiger partial charge in [0.15, 0.2) is 0 Å². The van der Waals surface area contributed by atoms with Crippen LogP contribution >= 0.6 is 0 Å². The summed E-state index contributed by atoms with van der Waals surface area (Å²) in [5.74, 6) is 4.23. The van der Waals surface area contributed by atoms with Crippen molar-refractivity contribution >= 4 is 0 Å². The van der Waals surface area contributed by atoms with Crippen LogP contribution in [0, 0.1) is 17.8 Å². The number of unbranched alkanes of at least 4 members (excludes halogenated alkanes) is 2. The summed E-state index contributed by atoms with van der Waals surface area (Å²) in [6, 6.07) is 0. The molecule has 0 unspecified atom stereocenters. The molecule has 4 aliphatic carbocycles. The maximum absolute atomic E-state index is 5.56. The first-order valence-corrected chi connectivity index (χ1v) is 9.02. The topological polar surface area (TPSA) is 54.7 Å². The maximum atomic E-state index is 5.56. The van der Waals surface area contributed by atoms with Crippen LogP contribution in [0.15, 0.2) is 6.20 Å². The number of imidazole rings is 1. The monoisotopic (exact) mass is 287 g/mol. The molecule has 0 saturated heterocycles. The molecular weight excluding hydrogens is 258 g/mol. The summed E-state index contributed by atoms with van der Waals surface area (Å²) < 4.78 is 0. The second kappa shape index (κ2) is 5.42. The molecule has 1 aromatic heterocycles. The first kappa shape index (κ1) is 13.8. The minimum absolute atomic E-state index is 0.470. The molecule has 1 aromatic rings. The Kier molecular flexibility index (Phi) is 3.56. The lowest BCUT2D eigenvalue weighted by atomic mass is 9.49. The Labute approximate surface area is 128 Å². The molecule has 4 fully saturated rings. The van der Waals surface area contributed by atoms with E-state index in [1.54, 1.807) is 0 Å². The summed E-state index contributed by atoms with van der Waals surface area (Å²) in [6.45, 7) is 0.816. The molecule has 4 aliphatic rings. The van der Waals surface area contributed by atoms with Crippen LogP contribution in [0.5, 0.6) is 0 Å². The molecule has 3 nitrogen and oxygen atoms in total. The Hall–Kier alpha value is -0.830. The number of hydrogen-bond acceptors (Lipinski definition) is 2. The zero-order valence-electron chi connectivity index (χ0n) is 13.1. The van der Waals surface area contributed by atoms with E-state index in [0.717, 1.165) is 37.1 Å². The van der Waals surface area contributed by atoms with Crippen molar-refractivity contribution in [2.45, 2.75) is 69.6 Å². The molecule has 0 atom stereocenters. The van der Waals surface area contributed by atoms with E-state index in [1.807, 2.05) is 0 Å². The number of nitrogens with one attached hydrogen (secondary N) is 1. The minimum Gasteiger partial charge on any atom is -0.345 e. The molecule has 4 bridgehead atoms. The summed E-state index contributed by atoms with van der Waals surface area (Å²) in [4.78, 5) is 8.39. The summed E-state index contributed by atoms with van der Waals surface area (Å²) in [6.07, 6.45) is 15.7. The Bertz CT molecular complexity index is 455. The molecular formula is C18H29N3. The van der Waals surface area contributed by atoms with Crippen LogP contribution < -0.4 is 5.73 Å². The van der Waals surface area contributed by atoms with Gasteiger partial charge in [-0.3, -0.25) is 0 Å². The molecule has 5 rings (SSSR count). The van der Waals surface area contributed by atoms with E-state index < -0.39 is 0 Å². The van der Waals surface area contributed by atoms with Crippen molar-refractivity contribution < 1.29 is 0 Å². The van der Waals surface area contributed by atoms with E-state index in [2.05, 4.69) is 16.2 Å². The first-order chi connectivity index (χ1) is 10.3. The zero-order chi connectivity index (χ0) is 14.3. The van der Waals surface area contributed by atoms with Crippen LogP contribution in [0.2, 0.25) is 0 Å². The van der Waals surface area contributed by atoms with Crippen LogP contribution in [-0.2, 0) is 11.8 Å². The number of aromatic nitrogens is 2. The number of hydrogen-bond donors (Lipinski definition) is 2. The SMILES string of the molecule is NCCCCCc1ncc(C23CC4CC(CC(C4)C2)C3)[nH]1. The highest BCUT2D eigenvalue weighted by molar-refractivity contribution is 5.22. The lowest BCUT2D eigenvalue weighted by Gasteiger charge is -2.56. The third kappa shape index (κ3) is 2.54. The zero-order valence-corrected chi connectivity index (χ0v) is 13.1. The average molecular weight is 287 g/mol. The molecule has 4 saturated carbocycles. The molecule has 0 amide bonds. The van der Waals surface area contributed by atoms with Gasteiger partial charge in [0.2, 0.25) is 0 Å². The number of aryl methyl sites for hydroxylation is 1. The third-order valence-electron chi connectivity index (χ3n) is 6.36. The van der Waals surface area contributed by atoms with Crippen molar-refractivity contribution in [2.24, 2.45) is 23.5 Å². The van der Waals surface area contributed by atoms with Crippen LogP contribution in [-0.4, -0.2) is 16.5 Å². The van der Waals surface area contributed by atoms with Gasteiger partial charge in [0.25, 0.3) is 0 Å². The third-order valence-corrected chi connectivity index (χ3v) is 6.36. The molecule has 0 aliphatic heterocycles. The molecule has 0 aromatic carbocycles. The molecule has 116 valence electrons. The van der Waals surface area contributed by atoms with Crippen LogP contribution in [0.3, 0.4) is 0 Å².